The second-order valence-corrected chi connectivity index (χ2v) is 5.95. The summed E-state index contributed by atoms with van der Waals surface area (Å²) >= 11 is 1.56. The summed E-state index contributed by atoms with van der Waals surface area (Å²) < 4.78 is 5.51. The Morgan fingerprint density at radius 1 is 1.27 bits per heavy atom. The Morgan fingerprint density at radius 2 is 2.00 bits per heavy atom. The van der Waals surface area contributed by atoms with Crippen LogP contribution in [0.4, 0.5) is 0 Å². The van der Waals surface area contributed by atoms with Crippen molar-refractivity contribution in [3.8, 4) is 5.75 Å². The fraction of sp³-hybridized carbons (Fsp3) is 0.167. The molecule has 0 radical (unpaired) electrons. The van der Waals surface area contributed by atoms with E-state index in [-0.39, 0.29) is 6.61 Å². The summed E-state index contributed by atoms with van der Waals surface area (Å²) in [5.41, 5.74) is 2.14. The van der Waals surface area contributed by atoms with Crippen molar-refractivity contribution in [1.82, 2.24) is 0 Å². The Kier molecular flexibility index (Phi) is 5.67. The zero-order valence-electron chi connectivity index (χ0n) is 12.4. The Labute approximate surface area is 134 Å². The van der Waals surface area contributed by atoms with Gasteiger partial charge in [0.1, 0.15) is 5.75 Å². The lowest BCUT2D eigenvalue weighted by Crippen LogP contribution is -2.11. The molecule has 0 saturated heterocycles. The van der Waals surface area contributed by atoms with Gasteiger partial charge < -0.3 is 9.84 Å². The molecule has 0 atom stereocenters. The molecule has 0 aliphatic rings. The summed E-state index contributed by atoms with van der Waals surface area (Å²) in [5.74, 6) is -0.366. The average molecular weight is 314 g/mol. The number of para-hydroxylation sites is 1. The monoisotopic (exact) mass is 314 g/mol. The van der Waals surface area contributed by atoms with Gasteiger partial charge in [-0.25, -0.2) is 4.79 Å². The van der Waals surface area contributed by atoms with E-state index in [4.69, 9.17) is 9.84 Å². The number of aliphatic carboxylic acids is 1. The van der Waals surface area contributed by atoms with Crippen LogP contribution in [0.1, 0.15) is 11.1 Å². The molecule has 0 aliphatic carbocycles. The van der Waals surface area contributed by atoms with E-state index in [0.717, 1.165) is 15.4 Å². The number of hydrogen-bond acceptors (Lipinski definition) is 3. The van der Waals surface area contributed by atoms with E-state index in [2.05, 4.69) is 6.58 Å². The number of carboxylic acid groups (broad SMARTS) is 1. The fourth-order valence-electron chi connectivity index (χ4n) is 1.99. The van der Waals surface area contributed by atoms with Crippen LogP contribution in [0, 0.1) is 6.92 Å². The summed E-state index contributed by atoms with van der Waals surface area (Å²) in [5, 5.41) is 8.85. The molecule has 22 heavy (non-hydrogen) atoms. The quantitative estimate of drug-likeness (QED) is 0.772. The van der Waals surface area contributed by atoms with Gasteiger partial charge in [0, 0.05) is 4.90 Å². The molecule has 0 fully saturated rings. The minimum atomic E-state index is -0.986. The van der Waals surface area contributed by atoms with Crippen molar-refractivity contribution < 1.29 is 14.6 Å². The molecule has 0 spiro atoms. The second kappa shape index (κ2) is 7.71. The van der Waals surface area contributed by atoms with Gasteiger partial charge in [-0.3, -0.25) is 0 Å². The van der Waals surface area contributed by atoms with Crippen molar-refractivity contribution in [2.24, 2.45) is 0 Å². The Morgan fingerprint density at radius 3 is 2.64 bits per heavy atom. The van der Waals surface area contributed by atoms with Crippen LogP contribution in [0.15, 0.2) is 64.9 Å². The number of ether oxygens (including phenoxy) is 1. The zero-order valence-corrected chi connectivity index (χ0v) is 13.2. The summed E-state index contributed by atoms with van der Waals surface area (Å²) in [7, 11) is 0. The van der Waals surface area contributed by atoms with Crippen LogP contribution in [0.25, 0.3) is 0 Å². The molecule has 2 aromatic rings. The first-order chi connectivity index (χ1) is 10.6. The fourth-order valence-corrected chi connectivity index (χ4v) is 2.94. The highest BCUT2D eigenvalue weighted by molar-refractivity contribution is 7.99. The van der Waals surface area contributed by atoms with Crippen LogP contribution in [0.5, 0.6) is 5.75 Å². The molecule has 0 saturated carbocycles. The number of allylic oxidation sites excluding steroid dienone is 1. The van der Waals surface area contributed by atoms with Gasteiger partial charge in [0.15, 0.2) is 6.61 Å². The first-order valence-corrected chi connectivity index (χ1v) is 7.73. The van der Waals surface area contributed by atoms with Crippen LogP contribution in [-0.4, -0.2) is 17.7 Å². The van der Waals surface area contributed by atoms with Crippen molar-refractivity contribution in [2.45, 2.75) is 23.1 Å². The molecule has 0 amide bonds. The topological polar surface area (TPSA) is 46.5 Å². The molecule has 4 heteroatoms. The van der Waals surface area contributed by atoms with Gasteiger partial charge in [-0.2, -0.15) is 0 Å². The highest BCUT2D eigenvalue weighted by Crippen LogP contribution is 2.37. The number of aryl methyl sites for hydroxylation is 1. The first-order valence-electron chi connectivity index (χ1n) is 6.92. The summed E-state index contributed by atoms with van der Waals surface area (Å²) in [6.07, 6.45) is 2.42. The van der Waals surface area contributed by atoms with Crippen molar-refractivity contribution in [2.75, 3.05) is 6.61 Å². The Bertz CT molecular complexity index is 663. The van der Waals surface area contributed by atoms with Gasteiger partial charge >= 0.3 is 5.97 Å². The number of carbonyl (C=O) groups is 1. The molecular weight excluding hydrogens is 296 g/mol. The van der Waals surface area contributed by atoms with E-state index in [1.54, 1.807) is 17.8 Å². The van der Waals surface area contributed by atoms with E-state index in [1.807, 2.05) is 49.4 Å². The minimum Gasteiger partial charge on any atom is -0.480 e. The smallest absolute Gasteiger partial charge is 0.341 e. The SMILES string of the molecule is C=CCc1cccc(Sc2ccc(C)cc2)c1OCC(=O)O. The molecule has 2 rings (SSSR count). The zero-order chi connectivity index (χ0) is 15.9. The third-order valence-electron chi connectivity index (χ3n) is 3.01. The lowest BCUT2D eigenvalue weighted by atomic mass is 10.1. The molecule has 0 aliphatic heterocycles. The van der Waals surface area contributed by atoms with Crippen LogP contribution < -0.4 is 4.74 Å². The van der Waals surface area contributed by atoms with Crippen LogP contribution in [0.3, 0.4) is 0 Å². The maximum atomic E-state index is 10.8. The van der Waals surface area contributed by atoms with Gasteiger partial charge in [-0.1, -0.05) is 47.7 Å². The first kappa shape index (κ1) is 16.2. The van der Waals surface area contributed by atoms with Gasteiger partial charge in [-0.05, 0) is 37.1 Å². The van der Waals surface area contributed by atoms with E-state index >= 15 is 0 Å². The van der Waals surface area contributed by atoms with E-state index < -0.39 is 5.97 Å². The number of rotatable bonds is 7. The predicted molar refractivity (Wildman–Crippen MR) is 88.8 cm³/mol. The number of benzene rings is 2. The van der Waals surface area contributed by atoms with E-state index in [1.165, 1.54) is 5.56 Å². The maximum absolute atomic E-state index is 10.8. The van der Waals surface area contributed by atoms with Gasteiger partial charge in [0.25, 0.3) is 0 Å². The van der Waals surface area contributed by atoms with Crippen molar-refractivity contribution in [3.63, 3.8) is 0 Å². The van der Waals surface area contributed by atoms with Crippen molar-refractivity contribution >= 4 is 17.7 Å². The van der Waals surface area contributed by atoms with Crippen molar-refractivity contribution in [1.29, 1.82) is 0 Å². The highest BCUT2D eigenvalue weighted by Gasteiger charge is 2.12. The predicted octanol–water partition coefficient (Wildman–Crippen LogP) is 4.34. The second-order valence-electron chi connectivity index (χ2n) is 4.83. The van der Waals surface area contributed by atoms with E-state index in [9.17, 15) is 4.79 Å². The molecule has 0 bridgehead atoms. The summed E-state index contributed by atoms with van der Waals surface area (Å²) in [6.45, 7) is 5.43. The third kappa shape index (κ3) is 4.40. The highest BCUT2D eigenvalue weighted by atomic mass is 32.2. The molecule has 3 nitrogen and oxygen atoms in total. The van der Waals surface area contributed by atoms with Gasteiger partial charge in [0.2, 0.25) is 0 Å². The third-order valence-corrected chi connectivity index (χ3v) is 4.06. The molecular formula is C18H18O3S. The molecule has 1 N–H and O–H groups in total. The largest absolute Gasteiger partial charge is 0.480 e. The Balaban J connectivity index is 2.31. The van der Waals surface area contributed by atoms with Crippen LogP contribution in [-0.2, 0) is 11.2 Å². The Hall–Kier alpha value is -2.20. The normalized spacial score (nSPS) is 10.2. The molecule has 2 aromatic carbocycles. The lowest BCUT2D eigenvalue weighted by molar-refractivity contribution is -0.139. The molecule has 114 valence electrons. The van der Waals surface area contributed by atoms with Gasteiger partial charge in [0.05, 0.1) is 4.90 Å². The van der Waals surface area contributed by atoms with Crippen molar-refractivity contribution in [3.05, 3.63) is 66.2 Å². The average Bonchev–Trinajstić information content (AvgIpc) is 2.49. The molecule has 0 aromatic heterocycles. The van der Waals surface area contributed by atoms with Crippen LogP contribution in [0.2, 0.25) is 0 Å². The summed E-state index contributed by atoms with van der Waals surface area (Å²) in [4.78, 5) is 12.8. The van der Waals surface area contributed by atoms with Gasteiger partial charge in [-0.15, -0.1) is 6.58 Å². The lowest BCUT2D eigenvalue weighted by Gasteiger charge is -2.14. The molecule has 0 heterocycles. The number of hydrogen-bond donors (Lipinski definition) is 1. The maximum Gasteiger partial charge on any atom is 0.341 e. The standard InChI is InChI=1S/C18H18O3S/c1-3-5-14-6-4-7-16(18(14)21-12-17(19)20)22-15-10-8-13(2)9-11-15/h3-4,6-11H,1,5,12H2,2H3,(H,19,20). The molecule has 0 unspecified atom stereocenters. The summed E-state index contributed by atoms with van der Waals surface area (Å²) in [6, 6.07) is 14.0. The van der Waals surface area contributed by atoms with Crippen LogP contribution >= 0.6 is 11.8 Å². The minimum absolute atomic E-state index is 0.352. The van der Waals surface area contributed by atoms with E-state index in [0.29, 0.717) is 12.2 Å². The number of carboxylic acids is 1.